The first-order valence-corrected chi connectivity index (χ1v) is 9.86. The minimum absolute atomic E-state index is 0.00337. The Kier molecular flexibility index (Phi) is 5.20. The van der Waals surface area contributed by atoms with E-state index in [1.807, 2.05) is 16.2 Å². The van der Waals surface area contributed by atoms with Crippen molar-refractivity contribution in [2.75, 3.05) is 32.8 Å². The van der Waals surface area contributed by atoms with Gasteiger partial charge in [0.15, 0.2) is 5.76 Å². The molecule has 134 valence electrons. The van der Waals surface area contributed by atoms with Crippen LogP contribution in [0.3, 0.4) is 0 Å². The van der Waals surface area contributed by atoms with E-state index in [4.69, 9.17) is 9.15 Å². The highest BCUT2D eigenvalue weighted by atomic mass is 32.1. The van der Waals surface area contributed by atoms with Crippen LogP contribution in [0.5, 0.6) is 0 Å². The molecule has 25 heavy (non-hydrogen) atoms. The number of amides is 1. The number of hydrogen-bond donors (Lipinski definition) is 0. The van der Waals surface area contributed by atoms with Crippen LogP contribution in [0.4, 0.5) is 0 Å². The third kappa shape index (κ3) is 3.97. The zero-order chi connectivity index (χ0) is 17.1. The van der Waals surface area contributed by atoms with Crippen molar-refractivity contribution in [1.82, 2.24) is 9.80 Å². The van der Waals surface area contributed by atoms with E-state index in [9.17, 15) is 4.79 Å². The molecule has 2 aromatic rings. The third-order valence-electron chi connectivity index (χ3n) is 4.92. The van der Waals surface area contributed by atoms with Gasteiger partial charge in [-0.2, -0.15) is 0 Å². The minimum atomic E-state index is 0.00337. The zero-order valence-corrected chi connectivity index (χ0v) is 15.2. The van der Waals surface area contributed by atoms with Gasteiger partial charge in [-0.25, -0.2) is 0 Å². The van der Waals surface area contributed by atoms with E-state index in [0.717, 1.165) is 52.2 Å². The number of thiophene rings is 1. The van der Waals surface area contributed by atoms with Gasteiger partial charge in [-0.15, -0.1) is 11.3 Å². The fraction of sp³-hybridized carbons (Fsp3) is 0.526. The second kappa shape index (κ2) is 7.72. The van der Waals surface area contributed by atoms with Crippen LogP contribution < -0.4 is 0 Å². The van der Waals surface area contributed by atoms with Gasteiger partial charge in [0.05, 0.1) is 12.4 Å². The maximum Gasteiger partial charge on any atom is 0.289 e. The van der Waals surface area contributed by atoms with Gasteiger partial charge in [0.1, 0.15) is 0 Å². The van der Waals surface area contributed by atoms with Gasteiger partial charge in [0.2, 0.25) is 0 Å². The van der Waals surface area contributed by atoms with Crippen molar-refractivity contribution in [3.63, 3.8) is 0 Å². The van der Waals surface area contributed by atoms with E-state index in [0.29, 0.717) is 11.9 Å². The van der Waals surface area contributed by atoms with Crippen LogP contribution in [0.2, 0.25) is 0 Å². The summed E-state index contributed by atoms with van der Waals surface area (Å²) < 4.78 is 11.0. The molecule has 0 unspecified atom stereocenters. The van der Waals surface area contributed by atoms with Crippen molar-refractivity contribution in [2.45, 2.75) is 31.9 Å². The van der Waals surface area contributed by atoms with Gasteiger partial charge >= 0.3 is 0 Å². The molecular weight excluding hydrogens is 336 g/mol. The number of nitrogens with zero attached hydrogens (tertiary/aromatic N) is 2. The predicted octanol–water partition coefficient (Wildman–Crippen LogP) is 3.54. The summed E-state index contributed by atoms with van der Waals surface area (Å²) in [7, 11) is 0. The quantitative estimate of drug-likeness (QED) is 0.837. The first-order chi connectivity index (χ1) is 12.3. The molecule has 0 spiro atoms. The van der Waals surface area contributed by atoms with Crippen LogP contribution in [-0.2, 0) is 11.3 Å². The summed E-state index contributed by atoms with van der Waals surface area (Å²) in [4.78, 5) is 19.5. The largest absolute Gasteiger partial charge is 0.459 e. The Bertz CT molecular complexity index is 691. The van der Waals surface area contributed by atoms with Crippen molar-refractivity contribution >= 4 is 17.2 Å². The first kappa shape index (κ1) is 16.8. The summed E-state index contributed by atoms with van der Waals surface area (Å²) in [5.74, 6) is 0.441. The number of ether oxygens (including phenoxy) is 1. The van der Waals surface area contributed by atoms with Gasteiger partial charge in [0, 0.05) is 49.1 Å². The number of rotatable bonds is 4. The van der Waals surface area contributed by atoms with Gasteiger partial charge < -0.3 is 14.1 Å². The molecule has 0 bridgehead atoms. The van der Waals surface area contributed by atoms with E-state index >= 15 is 0 Å². The van der Waals surface area contributed by atoms with Crippen LogP contribution in [0.1, 0.15) is 45.7 Å². The number of furan rings is 1. The Morgan fingerprint density at radius 1 is 1.16 bits per heavy atom. The molecule has 0 aromatic carbocycles. The molecular formula is C19H24N2O3S. The average Bonchev–Trinajstić information content (AvgIpc) is 3.36. The van der Waals surface area contributed by atoms with E-state index in [1.165, 1.54) is 16.2 Å². The first-order valence-electron chi connectivity index (χ1n) is 9.05. The Hall–Kier alpha value is -1.63. The van der Waals surface area contributed by atoms with Crippen molar-refractivity contribution in [2.24, 2.45) is 0 Å². The molecule has 5 nitrogen and oxygen atoms in total. The molecule has 6 heteroatoms. The van der Waals surface area contributed by atoms with Crippen molar-refractivity contribution in [3.05, 3.63) is 46.0 Å². The Balaban J connectivity index is 1.33. The van der Waals surface area contributed by atoms with Crippen molar-refractivity contribution in [1.29, 1.82) is 0 Å². The molecule has 0 aliphatic carbocycles. The molecule has 2 aliphatic heterocycles. The topological polar surface area (TPSA) is 45.9 Å². The van der Waals surface area contributed by atoms with Crippen LogP contribution in [-0.4, -0.2) is 48.5 Å². The number of carbonyl (C=O) groups is 1. The molecule has 0 radical (unpaired) electrons. The lowest BCUT2D eigenvalue weighted by molar-refractivity contribution is 0.0729. The lowest BCUT2D eigenvalue weighted by Gasteiger charge is -2.21. The van der Waals surface area contributed by atoms with Crippen molar-refractivity contribution < 1.29 is 13.9 Å². The number of carbonyl (C=O) groups excluding carboxylic acids is 1. The Labute approximate surface area is 152 Å². The lowest BCUT2D eigenvalue weighted by Crippen LogP contribution is -2.34. The van der Waals surface area contributed by atoms with Crippen LogP contribution >= 0.6 is 11.3 Å². The summed E-state index contributed by atoms with van der Waals surface area (Å²) in [5, 5.41) is 0. The SMILES string of the molecule is O=C(c1ccco1)N1CCCN(Cc2ccc([C@@H]3CCCO3)s2)CC1. The molecule has 0 saturated carbocycles. The summed E-state index contributed by atoms with van der Waals surface area (Å²) in [6, 6.07) is 7.96. The molecule has 2 aromatic heterocycles. The second-order valence-corrected chi connectivity index (χ2v) is 7.90. The highest BCUT2D eigenvalue weighted by Crippen LogP contribution is 2.33. The fourth-order valence-corrected chi connectivity index (χ4v) is 4.70. The zero-order valence-electron chi connectivity index (χ0n) is 14.4. The molecule has 4 rings (SSSR count). The average molecular weight is 360 g/mol. The second-order valence-electron chi connectivity index (χ2n) is 6.70. The molecule has 1 amide bonds. The normalized spacial score (nSPS) is 22.2. The lowest BCUT2D eigenvalue weighted by atomic mass is 10.2. The van der Waals surface area contributed by atoms with E-state index in [1.54, 1.807) is 18.4 Å². The molecule has 0 N–H and O–H groups in total. The Morgan fingerprint density at radius 3 is 2.92 bits per heavy atom. The predicted molar refractivity (Wildman–Crippen MR) is 96.8 cm³/mol. The molecule has 2 aliphatic rings. The number of hydrogen-bond acceptors (Lipinski definition) is 5. The monoisotopic (exact) mass is 360 g/mol. The van der Waals surface area contributed by atoms with E-state index in [2.05, 4.69) is 17.0 Å². The summed E-state index contributed by atoms with van der Waals surface area (Å²) >= 11 is 1.87. The van der Waals surface area contributed by atoms with Gasteiger partial charge in [-0.05, 0) is 43.5 Å². The molecule has 2 fully saturated rings. The summed E-state index contributed by atoms with van der Waals surface area (Å²) in [6.07, 6.45) is 5.18. The fourth-order valence-electron chi connectivity index (χ4n) is 3.56. The van der Waals surface area contributed by atoms with Gasteiger partial charge in [0.25, 0.3) is 5.91 Å². The molecule has 2 saturated heterocycles. The van der Waals surface area contributed by atoms with Crippen LogP contribution in [0.15, 0.2) is 34.9 Å². The smallest absolute Gasteiger partial charge is 0.289 e. The maximum atomic E-state index is 12.4. The Morgan fingerprint density at radius 2 is 2.12 bits per heavy atom. The molecule has 4 heterocycles. The third-order valence-corrected chi connectivity index (χ3v) is 6.08. The van der Waals surface area contributed by atoms with E-state index < -0.39 is 0 Å². The van der Waals surface area contributed by atoms with Crippen LogP contribution in [0, 0.1) is 0 Å². The molecule has 1 atom stereocenters. The van der Waals surface area contributed by atoms with Gasteiger partial charge in [-0.3, -0.25) is 9.69 Å². The summed E-state index contributed by atoms with van der Waals surface area (Å²) in [5.41, 5.74) is 0. The highest BCUT2D eigenvalue weighted by Gasteiger charge is 2.23. The maximum absolute atomic E-state index is 12.4. The highest BCUT2D eigenvalue weighted by molar-refractivity contribution is 7.12. The minimum Gasteiger partial charge on any atom is -0.459 e. The van der Waals surface area contributed by atoms with Crippen LogP contribution in [0.25, 0.3) is 0 Å². The standard InChI is InChI=1S/C19H24N2O3S/c22-19(17-5-2-13-24-17)21-9-3-8-20(10-11-21)14-15-6-7-18(25-15)16-4-1-12-23-16/h2,5-7,13,16H,1,3-4,8-12,14H2/t16-/m0/s1. The van der Waals surface area contributed by atoms with E-state index in [-0.39, 0.29) is 5.91 Å². The van der Waals surface area contributed by atoms with Crippen molar-refractivity contribution in [3.8, 4) is 0 Å². The van der Waals surface area contributed by atoms with Gasteiger partial charge in [-0.1, -0.05) is 0 Å². The summed E-state index contributed by atoms with van der Waals surface area (Å²) in [6.45, 7) is 5.32.